The van der Waals surface area contributed by atoms with E-state index in [1.165, 1.54) is 7.11 Å². The van der Waals surface area contributed by atoms with Crippen molar-refractivity contribution in [3.05, 3.63) is 47.8 Å². The monoisotopic (exact) mass is 327 g/mol. The highest BCUT2D eigenvalue weighted by molar-refractivity contribution is 5.97. The van der Waals surface area contributed by atoms with Crippen molar-refractivity contribution in [1.82, 2.24) is 14.7 Å². The first-order chi connectivity index (χ1) is 11.6. The number of hydrogen-bond acceptors (Lipinski definition) is 4. The molecule has 2 heterocycles. The smallest absolute Gasteiger partial charge is 0.328 e. The number of methoxy groups -OCH3 is 1. The van der Waals surface area contributed by atoms with Gasteiger partial charge in [-0.15, -0.1) is 0 Å². The normalized spacial score (nSPS) is 17.6. The van der Waals surface area contributed by atoms with E-state index >= 15 is 0 Å². The lowest BCUT2D eigenvalue weighted by Crippen LogP contribution is -2.48. The lowest BCUT2D eigenvalue weighted by molar-refractivity contribution is -0.147. The van der Waals surface area contributed by atoms with Gasteiger partial charge in [-0.1, -0.05) is 18.2 Å². The van der Waals surface area contributed by atoms with Gasteiger partial charge in [0.15, 0.2) is 0 Å². The van der Waals surface area contributed by atoms with Crippen molar-refractivity contribution in [2.45, 2.75) is 32.2 Å². The number of benzene rings is 1. The average Bonchev–Trinajstić information content (AvgIpc) is 3.02. The van der Waals surface area contributed by atoms with E-state index in [1.54, 1.807) is 15.8 Å². The minimum atomic E-state index is -0.504. The number of para-hydroxylation sites is 1. The fraction of sp³-hybridized carbons (Fsp3) is 0.389. The summed E-state index contributed by atoms with van der Waals surface area (Å²) in [6.45, 7) is 2.43. The van der Waals surface area contributed by atoms with E-state index in [0.717, 1.165) is 24.2 Å². The van der Waals surface area contributed by atoms with Gasteiger partial charge in [-0.3, -0.25) is 4.79 Å². The van der Waals surface area contributed by atoms with Crippen LogP contribution in [0.15, 0.2) is 36.5 Å². The lowest BCUT2D eigenvalue weighted by atomic mass is 10.0. The van der Waals surface area contributed by atoms with E-state index in [0.29, 0.717) is 18.5 Å². The van der Waals surface area contributed by atoms with Gasteiger partial charge in [-0.05, 0) is 38.3 Å². The first-order valence-corrected chi connectivity index (χ1v) is 8.12. The van der Waals surface area contributed by atoms with E-state index in [1.807, 2.05) is 37.3 Å². The van der Waals surface area contributed by atoms with E-state index in [-0.39, 0.29) is 11.9 Å². The van der Waals surface area contributed by atoms with Crippen LogP contribution < -0.4 is 0 Å². The molecule has 0 saturated carbocycles. The number of hydrogen-bond donors (Lipinski definition) is 0. The number of carbonyl (C=O) groups excluding carboxylic acids is 2. The van der Waals surface area contributed by atoms with Gasteiger partial charge in [0.05, 0.1) is 30.3 Å². The molecule has 1 aromatic heterocycles. The predicted octanol–water partition coefficient (Wildman–Crippen LogP) is 2.35. The molecule has 1 aliphatic heterocycles. The number of ether oxygens (including phenoxy) is 1. The molecule has 0 radical (unpaired) electrons. The standard InChI is InChI=1S/C18H21N3O3/c1-13-15(12-19-21(13)14-8-4-3-5-9-14)17(22)20-11-7-6-10-16(20)18(23)24-2/h3-5,8-9,12,16H,6-7,10-11H2,1-2H3. The van der Waals surface area contributed by atoms with Gasteiger partial charge in [-0.2, -0.15) is 5.10 Å². The molecule has 0 bridgehead atoms. The number of amides is 1. The maximum Gasteiger partial charge on any atom is 0.328 e. The summed E-state index contributed by atoms with van der Waals surface area (Å²) in [5, 5.41) is 4.34. The molecule has 0 spiro atoms. The zero-order chi connectivity index (χ0) is 17.1. The van der Waals surface area contributed by atoms with Crippen molar-refractivity contribution in [3.63, 3.8) is 0 Å². The second-order valence-electron chi connectivity index (χ2n) is 5.92. The van der Waals surface area contributed by atoms with Crippen LogP contribution in [0, 0.1) is 6.92 Å². The number of rotatable bonds is 3. The molecule has 6 heteroatoms. The number of nitrogens with zero attached hydrogens (tertiary/aromatic N) is 3. The van der Waals surface area contributed by atoms with Gasteiger partial charge in [-0.25, -0.2) is 9.48 Å². The highest BCUT2D eigenvalue weighted by Crippen LogP contribution is 2.23. The Labute approximate surface area is 141 Å². The van der Waals surface area contributed by atoms with Crippen LogP contribution in [-0.4, -0.2) is 46.3 Å². The average molecular weight is 327 g/mol. The molecule has 1 aromatic carbocycles. The Morgan fingerprint density at radius 1 is 1.21 bits per heavy atom. The van der Waals surface area contributed by atoms with Crippen molar-refractivity contribution in [2.24, 2.45) is 0 Å². The van der Waals surface area contributed by atoms with E-state index in [9.17, 15) is 9.59 Å². The van der Waals surface area contributed by atoms with Crippen LogP contribution in [0.1, 0.15) is 35.3 Å². The van der Waals surface area contributed by atoms with E-state index in [4.69, 9.17) is 4.74 Å². The SMILES string of the molecule is COC(=O)C1CCCCN1C(=O)c1cnn(-c2ccccc2)c1C. The second-order valence-corrected chi connectivity index (χ2v) is 5.92. The first-order valence-electron chi connectivity index (χ1n) is 8.12. The highest BCUT2D eigenvalue weighted by atomic mass is 16.5. The summed E-state index contributed by atoms with van der Waals surface area (Å²) in [7, 11) is 1.36. The van der Waals surface area contributed by atoms with E-state index < -0.39 is 6.04 Å². The number of aromatic nitrogens is 2. The van der Waals surface area contributed by atoms with Gasteiger partial charge in [0.25, 0.3) is 5.91 Å². The molecule has 3 rings (SSSR count). The topological polar surface area (TPSA) is 64.4 Å². The molecule has 24 heavy (non-hydrogen) atoms. The number of piperidine rings is 1. The summed E-state index contributed by atoms with van der Waals surface area (Å²) < 4.78 is 6.60. The molecule has 1 amide bonds. The molecule has 1 unspecified atom stereocenters. The Hall–Kier alpha value is -2.63. The summed E-state index contributed by atoms with van der Waals surface area (Å²) in [6, 6.07) is 9.16. The van der Waals surface area contributed by atoms with Crippen LogP contribution in [-0.2, 0) is 9.53 Å². The van der Waals surface area contributed by atoms with Crippen LogP contribution in [0.25, 0.3) is 5.69 Å². The third-order valence-corrected chi connectivity index (χ3v) is 4.48. The molecule has 1 fully saturated rings. The maximum absolute atomic E-state index is 13.0. The van der Waals surface area contributed by atoms with Gasteiger partial charge in [0.2, 0.25) is 0 Å². The minimum absolute atomic E-state index is 0.162. The van der Waals surface area contributed by atoms with Gasteiger partial charge >= 0.3 is 5.97 Å². The fourth-order valence-electron chi connectivity index (χ4n) is 3.16. The molecule has 1 saturated heterocycles. The number of carbonyl (C=O) groups is 2. The zero-order valence-corrected chi connectivity index (χ0v) is 13.9. The Kier molecular flexibility index (Phi) is 4.64. The molecule has 126 valence electrons. The Morgan fingerprint density at radius 3 is 2.67 bits per heavy atom. The molecular weight excluding hydrogens is 306 g/mol. The van der Waals surface area contributed by atoms with Crippen LogP contribution >= 0.6 is 0 Å². The molecule has 2 aromatic rings. The Morgan fingerprint density at radius 2 is 1.96 bits per heavy atom. The van der Waals surface area contributed by atoms with Crippen molar-refractivity contribution < 1.29 is 14.3 Å². The lowest BCUT2D eigenvalue weighted by Gasteiger charge is -2.33. The van der Waals surface area contributed by atoms with Crippen LogP contribution in [0.5, 0.6) is 0 Å². The summed E-state index contributed by atoms with van der Waals surface area (Å²) in [6.07, 6.45) is 4.04. The molecule has 0 N–H and O–H groups in total. The van der Waals surface area contributed by atoms with Crippen molar-refractivity contribution in [1.29, 1.82) is 0 Å². The van der Waals surface area contributed by atoms with E-state index in [2.05, 4.69) is 5.10 Å². The maximum atomic E-state index is 13.0. The van der Waals surface area contributed by atoms with Crippen molar-refractivity contribution in [2.75, 3.05) is 13.7 Å². The number of esters is 1. The predicted molar refractivity (Wildman–Crippen MR) is 89.0 cm³/mol. The second kappa shape index (κ2) is 6.86. The fourth-order valence-corrected chi connectivity index (χ4v) is 3.16. The molecule has 1 aliphatic rings. The van der Waals surface area contributed by atoms with Crippen LogP contribution in [0.2, 0.25) is 0 Å². The van der Waals surface area contributed by atoms with Crippen molar-refractivity contribution >= 4 is 11.9 Å². The minimum Gasteiger partial charge on any atom is -0.467 e. The Bertz CT molecular complexity index is 739. The molecular formula is C18H21N3O3. The third kappa shape index (κ3) is 2.91. The summed E-state index contributed by atoms with van der Waals surface area (Å²) in [5.41, 5.74) is 2.19. The summed E-state index contributed by atoms with van der Waals surface area (Å²) in [5.74, 6) is -0.513. The first kappa shape index (κ1) is 16.2. The van der Waals surface area contributed by atoms with Gasteiger partial charge < -0.3 is 9.64 Å². The largest absolute Gasteiger partial charge is 0.467 e. The van der Waals surface area contributed by atoms with Crippen LogP contribution in [0.3, 0.4) is 0 Å². The van der Waals surface area contributed by atoms with Gasteiger partial charge in [0, 0.05) is 6.54 Å². The molecule has 1 atom stereocenters. The van der Waals surface area contributed by atoms with Crippen LogP contribution in [0.4, 0.5) is 0 Å². The Balaban J connectivity index is 1.90. The number of likely N-dealkylation sites (tertiary alicyclic amines) is 1. The third-order valence-electron chi connectivity index (χ3n) is 4.48. The summed E-state index contributed by atoms with van der Waals surface area (Å²) >= 11 is 0. The summed E-state index contributed by atoms with van der Waals surface area (Å²) in [4.78, 5) is 26.6. The molecule has 0 aliphatic carbocycles. The molecule has 6 nitrogen and oxygen atoms in total. The van der Waals surface area contributed by atoms with Gasteiger partial charge in [0.1, 0.15) is 6.04 Å². The quantitative estimate of drug-likeness (QED) is 0.812. The van der Waals surface area contributed by atoms with Crippen molar-refractivity contribution in [3.8, 4) is 5.69 Å². The zero-order valence-electron chi connectivity index (χ0n) is 13.9. The highest BCUT2D eigenvalue weighted by Gasteiger charge is 2.34.